The van der Waals surface area contributed by atoms with Crippen LogP contribution in [0.5, 0.6) is 5.75 Å². The Kier molecular flexibility index (Phi) is 9.38. The lowest BCUT2D eigenvalue weighted by Gasteiger charge is -2.31. The summed E-state index contributed by atoms with van der Waals surface area (Å²) in [6.07, 6.45) is 0.494. The Balaban J connectivity index is 2.23. The number of amides is 2. The van der Waals surface area contributed by atoms with Crippen molar-refractivity contribution in [1.82, 2.24) is 10.2 Å². The second-order valence-corrected chi connectivity index (χ2v) is 9.12. The summed E-state index contributed by atoms with van der Waals surface area (Å²) in [6, 6.07) is 10.4. The van der Waals surface area contributed by atoms with Crippen LogP contribution in [0.4, 0.5) is 0 Å². The molecule has 5 nitrogen and oxygen atoms in total. The van der Waals surface area contributed by atoms with Crippen molar-refractivity contribution in [2.45, 2.75) is 59.7 Å². The maximum absolute atomic E-state index is 13.2. The highest BCUT2D eigenvalue weighted by atomic mass is 79.9. The number of hydrogen-bond acceptors (Lipinski definition) is 3. The van der Waals surface area contributed by atoms with E-state index in [0.717, 1.165) is 21.2 Å². The molecule has 0 spiro atoms. The minimum atomic E-state index is -0.595. The molecule has 2 aromatic carbocycles. The smallest absolute Gasteiger partial charge is 0.261 e. The number of nitrogens with one attached hydrogen (secondary N) is 1. The van der Waals surface area contributed by atoms with Crippen molar-refractivity contribution in [3.8, 4) is 5.75 Å². The first-order valence-corrected chi connectivity index (χ1v) is 11.5. The molecular weight excluding hydrogens is 480 g/mol. The summed E-state index contributed by atoms with van der Waals surface area (Å²) in [5.41, 5.74) is 2.95. The maximum atomic E-state index is 13.2. The highest BCUT2D eigenvalue weighted by molar-refractivity contribution is 9.10. The Bertz CT molecular complexity index is 893. The number of nitrogens with zero attached hydrogens (tertiary/aromatic N) is 1. The third-order valence-electron chi connectivity index (χ3n) is 4.86. The average molecular weight is 510 g/mol. The molecule has 0 fully saturated rings. The van der Waals surface area contributed by atoms with E-state index >= 15 is 0 Å². The third kappa shape index (κ3) is 7.25. The van der Waals surface area contributed by atoms with Gasteiger partial charge in [-0.25, -0.2) is 0 Å². The van der Waals surface area contributed by atoms with E-state index in [-0.39, 0.29) is 24.5 Å². The van der Waals surface area contributed by atoms with Gasteiger partial charge in [-0.2, -0.15) is 0 Å². The molecule has 2 rings (SSSR count). The molecule has 0 bridgehead atoms. The number of carbonyl (C=O) groups is 2. The van der Waals surface area contributed by atoms with Crippen molar-refractivity contribution in [2.75, 3.05) is 6.61 Å². The van der Waals surface area contributed by atoms with E-state index in [2.05, 4.69) is 21.2 Å². The maximum Gasteiger partial charge on any atom is 0.261 e. The monoisotopic (exact) mass is 508 g/mol. The van der Waals surface area contributed by atoms with Crippen LogP contribution >= 0.6 is 27.5 Å². The first-order chi connectivity index (χ1) is 14.6. The first-order valence-electron chi connectivity index (χ1n) is 10.4. The molecular formula is C24H30BrClN2O3. The van der Waals surface area contributed by atoms with E-state index in [1.165, 1.54) is 0 Å². The van der Waals surface area contributed by atoms with Crippen LogP contribution in [-0.4, -0.2) is 35.4 Å². The van der Waals surface area contributed by atoms with E-state index in [0.29, 0.717) is 23.7 Å². The van der Waals surface area contributed by atoms with Gasteiger partial charge in [0.15, 0.2) is 6.61 Å². The lowest BCUT2D eigenvalue weighted by Crippen LogP contribution is -2.51. The van der Waals surface area contributed by atoms with Crippen molar-refractivity contribution in [3.63, 3.8) is 0 Å². The van der Waals surface area contributed by atoms with Crippen molar-refractivity contribution in [1.29, 1.82) is 0 Å². The number of carbonyl (C=O) groups excluding carboxylic acids is 2. The fraction of sp³-hybridized carbons (Fsp3) is 0.417. The van der Waals surface area contributed by atoms with Crippen LogP contribution in [0.2, 0.25) is 5.02 Å². The van der Waals surface area contributed by atoms with Crippen LogP contribution in [0.15, 0.2) is 40.9 Å². The Morgan fingerprint density at radius 1 is 1.13 bits per heavy atom. The number of aryl methyl sites for hydroxylation is 2. The molecule has 31 heavy (non-hydrogen) atoms. The Morgan fingerprint density at radius 2 is 1.71 bits per heavy atom. The normalized spacial score (nSPS) is 11.9. The Hall–Kier alpha value is -2.05. The van der Waals surface area contributed by atoms with E-state index < -0.39 is 6.04 Å². The topological polar surface area (TPSA) is 58.6 Å². The second-order valence-electron chi connectivity index (χ2n) is 7.90. The zero-order valence-corrected chi connectivity index (χ0v) is 21.0. The summed E-state index contributed by atoms with van der Waals surface area (Å²) in [6.45, 7) is 9.79. The van der Waals surface area contributed by atoms with Crippen molar-refractivity contribution in [2.24, 2.45) is 0 Å². The summed E-state index contributed by atoms with van der Waals surface area (Å²) in [7, 11) is 0. The molecule has 0 heterocycles. The lowest BCUT2D eigenvalue weighted by atomic mass is 10.1. The molecule has 1 N–H and O–H groups in total. The van der Waals surface area contributed by atoms with E-state index in [4.69, 9.17) is 16.3 Å². The fourth-order valence-corrected chi connectivity index (χ4v) is 3.66. The van der Waals surface area contributed by atoms with Crippen molar-refractivity contribution >= 4 is 39.3 Å². The standard InChI is InChI=1S/C24H30BrClN2O3/c1-6-21(24(30)27-15(2)3)28(13-18-7-9-19(26)10-8-18)22(29)14-31-20-11-16(4)23(25)17(5)12-20/h7-12,15,21H,6,13-14H2,1-5H3,(H,27,30)/t21-/m0/s1. The Labute approximate surface area is 198 Å². The number of benzene rings is 2. The highest BCUT2D eigenvalue weighted by Gasteiger charge is 2.29. The van der Waals surface area contributed by atoms with Crippen LogP contribution in [0.1, 0.15) is 43.9 Å². The summed E-state index contributed by atoms with van der Waals surface area (Å²) in [4.78, 5) is 27.6. The first kappa shape index (κ1) is 25.2. The van der Waals surface area contributed by atoms with Gasteiger partial charge in [0.2, 0.25) is 5.91 Å². The molecule has 7 heteroatoms. The summed E-state index contributed by atoms with van der Waals surface area (Å²) in [5, 5.41) is 3.54. The predicted octanol–water partition coefficient (Wildman–Crippen LogP) is 5.43. The molecule has 168 valence electrons. The van der Waals surface area contributed by atoms with Gasteiger partial charge in [0.1, 0.15) is 11.8 Å². The highest BCUT2D eigenvalue weighted by Crippen LogP contribution is 2.26. The van der Waals surface area contributed by atoms with Gasteiger partial charge < -0.3 is 15.0 Å². The van der Waals surface area contributed by atoms with E-state index in [1.807, 2.05) is 58.9 Å². The zero-order valence-electron chi connectivity index (χ0n) is 18.7. The summed E-state index contributed by atoms with van der Waals surface area (Å²) in [5.74, 6) is 0.201. The number of halogens is 2. The van der Waals surface area contributed by atoms with Gasteiger partial charge in [0.05, 0.1) is 0 Å². The van der Waals surface area contributed by atoms with Gasteiger partial charge in [-0.05, 0) is 75.1 Å². The van der Waals surface area contributed by atoms with Crippen LogP contribution in [0.3, 0.4) is 0 Å². The van der Waals surface area contributed by atoms with Gasteiger partial charge in [-0.3, -0.25) is 9.59 Å². The van der Waals surface area contributed by atoms with Crippen LogP contribution in [0.25, 0.3) is 0 Å². The van der Waals surface area contributed by atoms with Gasteiger partial charge in [0, 0.05) is 22.1 Å². The largest absolute Gasteiger partial charge is 0.484 e. The zero-order chi connectivity index (χ0) is 23.1. The summed E-state index contributed by atoms with van der Waals surface area (Å²) >= 11 is 9.53. The quantitative estimate of drug-likeness (QED) is 0.490. The molecule has 0 radical (unpaired) electrons. The number of rotatable bonds is 9. The van der Waals surface area contributed by atoms with Gasteiger partial charge in [-0.1, -0.05) is 46.6 Å². The third-order valence-corrected chi connectivity index (χ3v) is 6.36. The van der Waals surface area contributed by atoms with Crippen LogP contribution in [-0.2, 0) is 16.1 Å². The molecule has 2 amide bonds. The molecule has 0 aliphatic heterocycles. The molecule has 1 atom stereocenters. The van der Waals surface area contributed by atoms with E-state index in [1.54, 1.807) is 17.0 Å². The molecule has 0 aliphatic rings. The van der Waals surface area contributed by atoms with Crippen molar-refractivity contribution < 1.29 is 14.3 Å². The molecule has 0 saturated carbocycles. The van der Waals surface area contributed by atoms with E-state index in [9.17, 15) is 9.59 Å². The molecule has 2 aromatic rings. The number of hydrogen-bond donors (Lipinski definition) is 1. The minimum absolute atomic E-state index is 0.0148. The average Bonchev–Trinajstić information content (AvgIpc) is 2.70. The molecule has 0 aliphatic carbocycles. The molecule has 0 aromatic heterocycles. The van der Waals surface area contributed by atoms with Gasteiger partial charge in [0.25, 0.3) is 5.91 Å². The second kappa shape index (κ2) is 11.5. The summed E-state index contributed by atoms with van der Waals surface area (Å²) < 4.78 is 6.83. The Morgan fingerprint density at radius 3 is 2.23 bits per heavy atom. The molecule has 0 unspecified atom stereocenters. The van der Waals surface area contributed by atoms with Gasteiger partial charge in [-0.15, -0.1) is 0 Å². The van der Waals surface area contributed by atoms with Gasteiger partial charge >= 0.3 is 0 Å². The lowest BCUT2D eigenvalue weighted by molar-refractivity contribution is -0.143. The predicted molar refractivity (Wildman–Crippen MR) is 128 cm³/mol. The molecule has 0 saturated heterocycles. The SMILES string of the molecule is CC[C@@H](C(=O)NC(C)C)N(Cc1ccc(Cl)cc1)C(=O)COc1cc(C)c(Br)c(C)c1. The van der Waals surface area contributed by atoms with Crippen LogP contribution < -0.4 is 10.1 Å². The fourth-order valence-electron chi connectivity index (χ4n) is 3.30. The van der Waals surface area contributed by atoms with Crippen molar-refractivity contribution in [3.05, 3.63) is 62.6 Å². The number of ether oxygens (including phenoxy) is 1. The minimum Gasteiger partial charge on any atom is -0.484 e. The van der Waals surface area contributed by atoms with Crippen LogP contribution in [0, 0.1) is 13.8 Å².